The van der Waals surface area contributed by atoms with E-state index in [1.165, 1.54) is 24.8 Å². The first-order valence-electron chi connectivity index (χ1n) is 17.4. The first-order valence-corrected chi connectivity index (χ1v) is 19.2. The smallest absolute Gasteiger partial charge is 0.469 e. The zero-order valence-electron chi connectivity index (χ0n) is 30.7. The molecule has 7 nitrogen and oxygen atoms in total. The Labute approximate surface area is 316 Å². The molecule has 5 aliphatic carbocycles. The van der Waals surface area contributed by atoms with Gasteiger partial charge in [-0.1, -0.05) is 77.8 Å². The zero-order chi connectivity index (χ0) is 35.0. The van der Waals surface area contributed by atoms with E-state index in [4.69, 9.17) is 16.5 Å². The number of Topliss-reactive ketones (excluding diaryl/α,β-unsaturated/α-hetero) is 1. The normalized spacial score (nSPS) is 41.4. The molecule has 48 heavy (non-hydrogen) atoms. The molecule has 1 aromatic carbocycles. The van der Waals surface area contributed by atoms with Crippen molar-refractivity contribution in [3.63, 3.8) is 0 Å². The van der Waals surface area contributed by atoms with Gasteiger partial charge in [-0.2, -0.15) is 0 Å². The fourth-order valence-corrected chi connectivity index (χ4v) is 12.5. The predicted molar refractivity (Wildman–Crippen MR) is 185 cm³/mol. The number of rotatable bonds is 3. The standard InChI is InChI=1S/C31H48O4.C7H7ClNO2S.Na/c1-18-19(26(34)35-8)17-24(33)29(5)15-16-30(6)20(25(18)29)9-10-22-28(4)13-12-23(32)27(2,3)21(28)11-14-31(22,30)7;1-6-2-4-7(5-3-6)12(10,11)9-8;/h9,18-19,21-22,24-25,33H,10-17H2,1-8H3;2-5H,1H3;/q;-1;+1/t18-,19+,21-,22+,24-,25-,28-,29-,30+,31+;;/m0../s1. The third kappa shape index (κ3) is 6.03. The Balaban J connectivity index is 0.000000340. The van der Waals surface area contributed by atoms with Crippen LogP contribution < -0.4 is 29.6 Å². The molecule has 1 N–H and O–H groups in total. The van der Waals surface area contributed by atoms with E-state index in [0.29, 0.717) is 30.5 Å². The Hall–Kier alpha value is -0.740. The van der Waals surface area contributed by atoms with E-state index in [2.05, 4.69) is 58.8 Å². The molecule has 0 unspecified atom stereocenters. The van der Waals surface area contributed by atoms with Crippen molar-refractivity contribution in [3.8, 4) is 0 Å². The molecular weight excluding hydrogens is 657 g/mol. The van der Waals surface area contributed by atoms with Gasteiger partial charge in [0, 0.05) is 22.1 Å². The number of nitrogens with zero attached hydrogens (tertiary/aromatic N) is 1. The summed E-state index contributed by atoms with van der Waals surface area (Å²) in [6, 6.07) is 6.32. The topological polar surface area (TPSA) is 112 Å². The van der Waals surface area contributed by atoms with Gasteiger partial charge in [-0.05, 0) is 104 Å². The molecule has 0 bridgehead atoms. The minimum absolute atomic E-state index is 0. The predicted octanol–water partition coefficient (Wildman–Crippen LogP) is 5.57. The SMILES string of the molecule is COC(=O)[C@@H]1C[C@H](O)[C@]2(C)CC[C@]3(C)C(=CC[C@@H]4[C@@]5(C)CCC(=O)C(C)(C)[C@@H]5CC[C@]43C)[C@@H]2[C@H]1C.Cc1ccc(S(=O)(=O)[N-]Cl)cc1.[Na+]. The summed E-state index contributed by atoms with van der Waals surface area (Å²) in [7, 11) is -2.15. The Morgan fingerprint density at radius 1 is 0.979 bits per heavy atom. The summed E-state index contributed by atoms with van der Waals surface area (Å²) in [5.41, 5.74) is 2.44. The number of aliphatic hydroxyl groups excluding tert-OH is 1. The molecule has 4 saturated carbocycles. The van der Waals surface area contributed by atoms with Gasteiger partial charge >= 0.3 is 35.5 Å². The first-order chi connectivity index (χ1) is 21.7. The number of carbonyl (C=O) groups is 2. The maximum atomic E-state index is 12.9. The molecule has 262 valence electrons. The number of aryl methyl sites for hydroxylation is 1. The average Bonchev–Trinajstić information content (AvgIpc) is 3.02. The number of carbonyl (C=O) groups excluding carboxylic acids is 2. The third-order valence-corrected chi connectivity index (χ3v) is 16.4. The third-order valence-electron chi connectivity index (χ3n) is 14.8. The van der Waals surface area contributed by atoms with Crippen molar-refractivity contribution in [1.29, 1.82) is 0 Å². The molecule has 0 saturated heterocycles. The Morgan fingerprint density at radius 2 is 1.60 bits per heavy atom. The average molecular weight is 712 g/mol. The van der Waals surface area contributed by atoms with Gasteiger partial charge < -0.3 is 14.1 Å². The van der Waals surface area contributed by atoms with Crippen LogP contribution in [0.3, 0.4) is 0 Å². The van der Waals surface area contributed by atoms with Gasteiger partial charge in [-0.3, -0.25) is 21.4 Å². The van der Waals surface area contributed by atoms with E-state index in [1.807, 2.05) is 6.92 Å². The molecule has 0 amide bonds. The van der Waals surface area contributed by atoms with Crippen molar-refractivity contribution >= 4 is 33.6 Å². The second kappa shape index (κ2) is 13.7. The number of hydrogen-bond donors (Lipinski definition) is 1. The van der Waals surface area contributed by atoms with E-state index in [1.54, 1.807) is 12.1 Å². The number of ether oxygens (including phenoxy) is 1. The van der Waals surface area contributed by atoms with Gasteiger partial charge in [0.05, 0.1) is 19.1 Å². The van der Waals surface area contributed by atoms with Gasteiger partial charge in [0.15, 0.2) is 0 Å². The Bertz CT molecular complexity index is 1550. The molecule has 0 spiro atoms. The quantitative estimate of drug-likeness (QED) is 0.249. The van der Waals surface area contributed by atoms with Gasteiger partial charge in [-0.25, -0.2) is 8.42 Å². The van der Waals surface area contributed by atoms with Crippen LogP contribution in [0.1, 0.15) is 105 Å². The number of halogens is 1. The maximum Gasteiger partial charge on any atom is 1.00 e. The van der Waals surface area contributed by atoms with E-state index >= 15 is 0 Å². The van der Waals surface area contributed by atoms with E-state index in [9.17, 15) is 23.1 Å². The molecule has 5 aliphatic rings. The molecular formula is C38H55ClNNaO6S. The fourth-order valence-electron chi connectivity index (χ4n) is 11.7. The fraction of sp³-hybridized carbons (Fsp3) is 0.737. The van der Waals surface area contributed by atoms with Crippen molar-refractivity contribution in [2.45, 2.75) is 118 Å². The molecule has 0 heterocycles. The van der Waals surface area contributed by atoms with Crippen LogP contribution >= 0.6 is 11.8 Å². The zero-order valence-corrected chi connectivity index (χ0v) is 34.3. The summed E-state index contributed by atoms with van der Waals surface area (Å²) in [5.74, 6) is 1.38. The van der Waals surface area contributed by atoms with Gasteiger partial charge in [0.25, 0.3) is 0 Å². The van der Waals surface area contributed by atoms with Crippen molar-refractivity contribution in [3.05, 3.63) is 45.7 Å². The molecule has 10 atom stereocenters. The minimum atomic E-state index is -3.62. The summed E-state index contributed by atoms with van der Waals surface area (Å²) in [4.78, 5) is 25.8. The molecule has 4 fully saturated rings. The van der Waals surface area contributed by atoms with Crippen LogP contribution in [0, 0.1) is 63.6 Å². The second-order valence-corrected chi connectivity index (χ2v) is 19.0. The molecule has 0 aromatic heterocycles. The van der Waals surface area contributed by atoms with Gasteiger partial charge in [-0.15, -0.1) is 0 Å². The van der Waals surface area contributed by atoms with Crippen molar-refractivity contribution in [1.82, 2.24) is 0 Å². The molecule has 1 aromatic rings. The number of methoxy groups -OCH3 is 1. The molecule has 6 rings (SSSR count). The van der Waals surface area contributed by atoms with Crippen LogP contribution in [0.4, 0.5) is 0 Å². The van der Waals surface area contributed by atoms with Crippen LogP contribution in [-0.4, -0.2) is 38.5 Å². The van der Waals surface area contributed by atoms with Gasteiger partial charge in [0.2, 0.25) is 0 Å². The molecule has 0 radical (unpaired) electrons. The van der Waals surface area contributed by atoms with Crippen molar-refractivity contribution < 1.29 is 57.4 Å². The minimum Gasteiger partial charge on any atom is -0.469 e. The summed E-state index contributed by atoms with van der Waals surface area (Å²) in [6.07, 6.45) is 9.72. The number of aliphatic hydroxyl groups is 1. The maximum absolute atomic E-state index is 12.9. The monoisotopic (exact) mass is 711 g/mol. The summed E-state index contributed by atoms with van der Waals surface area (Å²) >= 11 is 4.90. The van der Waals surface area contributed by atoms with Crippen LogP contribution in [0.25, 0.3) is 4.24 Å². The summed E-state index contributed by atoms with van der Waals surface area (Å²) < 4.78 is 30.0. The Kier molecular flexibility index (Phi) is 11.4. The first kappa shape index (κ1) is 40.0. The number of fused-ring (bicyclic) bond motifs is 7. The van der Waals surface area contributed by atoms with Crippen LogP contribution in [0.15, 0.2) is 40.8 Å². The van der Waals surface area contributed by atoms with E-state index < -0.39 is 16.1 Å². The van der Waals surface area contributed by atoms with Crippen LogP contribution in [0.5, 0.6) is 0 Å². The van der Waals surface area contributed by atoms with Crippen molar-refractivity contribution in [2.24, 2.45) is 56.7 Å². The number of hydrogen-bond acceptors (Lipinski definition) is 6. The van der Waals surface area contributed by atoms with E-state index in [0.717, 1.165) is 44.1 Å². The molecule has 10 heteroatoms. The van der Waals surface area contributed by atoms with Crippen LogP contribution in [-0.2, 0) is 24.3 Å². The number of benzene rings is 1. The molecule has 0 aliphatic heterocycles. The second-order valence-electron chi connectivity index (χ2n) is 17.0. The summed E-state index contributed by atoms with van der Waals surface area (Å²) in [6.45, 7) is 18.3. The number of allylic oxidation sites excluding steroid dienone is 2. The van der Waals surface area contributed by atoms with E-state index in [-0.39, 0.29) is 85.3 Å². The van der Waals surface area contributed by atoms with Gasteiger partial charge in [0.1, 0.15) is 15.8 Å². The van der Waals surface area contributed by atoms with Crippen molar-refractivity contribution in [2.75, 3.05) is 7.11 Å². The number of esters is 1. The largest absolute Gasteiger partial charge is 1.00 e. The number of sulfonamides is 1. The summed E-state index contributed by atoms with van der Waals surface area (Å²) in [5, 5.41) is 11.4. The number of ketones is 1. The Morgan fingerprint density at radius 3 is 2.19 bits per heavy atom. The van der Waals surface area contributed by atoms with Crippen LogP contribution in [0.2, 0.25) is 0 Å².